The Morgan fingerprint density at radius 2 is 0.758 bits per heavy atom. The molecule has 0 unspecified atom stereocenters. The molecular weight excluding hydrogens is 418 g/mol. The maximum Gasteiger partial charge on any atom is 0.258 e. The van der Waals surface area contributed by atoms with E-state index in [4.69, 9.17) is 0 Å². The number of hydrogen-bond donors (Lipinski definition) is 0. The Hall–Kier alpha value is -4.78. The molecule has 0 bridgehead atoms. The Labute approximate surface area is 189 Å². The van der Waals surface area contributed by atoms with Gasteiger partial charge in [-0.25, -0.2) is 9.80 Å². The van der Waals surface area contributed by atoms with Crippen molar-refractivity contribution >= 4 is 52.1 Å². The molecule has 0 atom stereocenters. The number of amides is 4. The molecule has 3 aromatic carbocycles. The molecule has 0 saturated carbocycles. The van der Waals surface area contributed by atoms with Gasteiger partial charge in [-0.2, -0.15) is 0 Å². The number of carbonyl (C=O) groups excluding carboxylic acids is 4. The van der Waals surface area contributed by atoms with Crippen molar-refractivity contribution < 1.29 is 19.2 Å². The van der Waals surface area contributed by atoms with E-state index in [0.29, 0.717) is 11.4 Å². The quantitative estimate of drug-likeness (QED) is 0.566. The van der Waals surface area contributed by atoms with Crippen LogP contribution >= 0.6 is 0 Å². The summed E-state index contributed by atoms with van der Waals surface area (Å²) in [6.45, 7) is 0. The van der Waals surface area contributed by atoms with Gasteiger partial charge in [0, 0.05) is 41.4 Å². The van der Waals surface area contributed by atoms with Crippen LogP contribution in [0.1, 0.15) is 0 Å². The van der Waals surface area contributed by atoms with Crippen LogP contribution in [0.3, 0.4) is 0 Å². The number of rotatable bonds is 5. The third-order valence-corrected chi connectivity index (χ3v) is 5.37. The molecule has 2 aliphatic heterocycles. The number of para-hydroxylation sites is 1. The van der Waals surface area contributed by atoms with E-state index in [2.05, 4.69) is 0 Å². The van der Waals surface area contributed by atoms with Gasteiger partial charge in [0.1, 0.15) is 0 Å². The van der Waals surface area contributed by atoms with Crippen LogP contribution in [0.5, 0.6) is 0 Å². The molecule has 7 heteroatoms. The fourth-order valence-corrected chi connectivity index (χ4v) is 3.84. The highest BCUT2D eigenvalue weighted by molar-refractivity contribution is 6.28. The lowest BCUT2D eigenvalue weighted by molar-refractivity contribution is -0.121. The first-order chi connectivity index (χ1) is 16.0. The minimum Gasteiger partial charge on any atom is -0.311 e. The van der Waals surface area contributed by atoms with E-state index < -0.39 is 0 Å². The Kier molecular flexibility index (Phi) is 4.91. The maximum absolute atomic E-state index is 12.0. The van der Waals surface area contributed by atoms with Crippen LogP contribution in [-0.2, 0) is 19.2 Å². The number of hydrogen-bond acceptors (Lipinski definition) is 5. The van der Waals surface area contributed by atoms with E-state index in [-0.39, 0.29) is 23.6 Å². The van der Waals surface area contributed by atoms with E-state index in [1.54, 1.807) is 24.3 Å². The lowest BCUT2D eigenvalue weighted by Gasteiger charge is -2.26. The highest BCUT2D eigenvalue weighted by atomic mass is 16.2. The van der Waals surface area contributed by atoms with Gasteiger partial charge >= 0.3 is 0 Å². The molecule has 7 nitrogen and oxygen atoms in total. The van der Waals surface area contributed by atoms with Gasteiger partial charge in [-0.05, 0) is 60.7 Å². The van der Waals surface area contributed by atoms with E-state index >= 15 is 0 Å². The van der Waals surface area contributed by atoms with Crippen LogP contribution in [0.25, 0.3) is 0 Å². The molecule has 33 heavy (non-hydrogen) atoms. The SMILES string of the molecule is O=C1C=CC(=O)N1c1ccc(N(c2ccccc2)c2ccc(N3C(=O)C=CC3=O)cc2)cc1. The van der Waals surface area contributed by atoms with Crippen LogP contribution < -0.4 is 14.7 Å². The summed E-state index contributed by atoms with van der Waals surface area (Å²) in [6.07, 6.45) is 5.00. The second-order valence-corrected chi connectivity index (χ2v) is 7.39. The molecule has 0 aliphatic carbocycles. The van der Waals surface area contributed by atoms with E-state index in [1.807, 2.05) is 59.5 Å². The van der Waals surface area contributed by atoms with Crippen molar-refractivity contribution in [3.63, 3.8) is 0 Å². The summed E-state index contributed by atoms with van der Waals surface area (Å²) in [5, 5.41) is 0. The van der Waals surface area contributed by atoms with Crippen LogP contribution in [0.15, 0.2) is 103 Å². The average molecular weight is 435 g/mol. The highest BCUT2D eigenvalue weighted by Crippen LogP contribution is 2.36. The fraction of sp³-hybridized carbons (Fsp3) is 0. The minimum atomic E-state index is -0.372. The first kappa shape index (κ1) is 20.1. The normalized spacial score (nSPS) is 15.2. The standard InChI is InChI=1S/C26H17N3O4/c30-23-14-15-24(31)28(23)21-10-6-19(7-11-21)27(18-4-2-1-3-5-18)20-8-12-22(13-9-20)29-25(32)16-17-26(29)33/h1-17H. The Morgan fingerprint density at radius 3 is 1.12 bits per heavy atom. The zero-order valence-electron chi connectivity index (χ0n) is 17.3. The Balaban J connectivity index is 1.50. The second-order valence-electron chi connectivity index (χ2n) is 7.39. The summed E-state index contributed by atoms with van der Waals surface area (Å²) < 4.78 is 0. The summed E-state index contributed by atoms with van der Waals surface area (Å²) >= 11 is 0. The summed E-state index contributed by atoms with van der Waals surface area (Å²) in [5.41, 5.74) is 3.48. The van der Waals surface area contributed by atoms with Gasteiger partial charge in [0.2, 0.25) is 0 Å². The summed E-state index contributed by atoms with van der Waals surface area (Å²) in [5.74, 6) is -1.49. The Morgan fingerprint density at radius 1 is 0.424 bits per heavy atom. The summed E-state index contributed by atoms with van der Waals surface area (Å²) in [7, 11) is 0. The Bertz CT molecular complexity index is 1200. The smallest absolute Gasteiger partial charge is 0.258 e. The molecule has 0 spiro atoms. The van der Waals surface area contributed by atoms with Gasteiger partial charge in [-0.1, -0.05) is 18.2 Å². The molecule has 4 amide bonds. The van der Waals surface area contributed by atoms with Crippen LogP contribution in [0, 0.1) is 0 Å². The number of imide groups is 2. The molecule has 5 rings (SSSR count). The van der Waals surface area contributed by atoms with Gasteiger partial charge in [0.15, 0.2) is 0 Å². The third-order valence-electron chi connectivity index (χ3n) is 5.37. The lowest BCUT2D eigenvalue weighted by atomic mass is 10.1. The molecule has 0 saturated heterocycles. The van der Waals surface area contributed by atoms with Gasteiger partial charge in [-0.3, -0.25) is 19.2 Å². The lowest BCUT2D eigenvalue weighted by Crippen LogP contribution is -2.29. The predicted octanol–water partition coefficient (Wildman–Crippen LogP) is 4.02. The zero-order valence-corrected chi connectivity index (χ0v) is 17.3. The largest absolute Gasteiger partial charge is 0.311 e. The first-order valence-corrected chi connectivity index (χ1v) is 10.2. The molecule has 0 radical (unpaired) electrons. The molecule has 2 heterocycles. The number of carbonyl (C=O) groups is 4. The molecule has 0 N–H and O–H groups in total. The number of nitrogens with zero attached hydrogens (tertiary/aromatic N) is 3. The summed E-state index contributed by atoms with van der Waals surface area (Å²) in [4.78, 5) is 52.2. The maximum atomic E-state index is 12.0. The zero-order chi connectivity index (χ0) is 22.9. The third kappa shape index (κ3) is 3.61. The second kappa shape index (κ2) is 8.05. The highest BCUT2D eigenvalue weighted by Gasteiger charge is 2.26. The monoisotopic (exact) mass is 435 g/mol. The average Bonchev–Trinajstić information content (AvgIpc) is 3.35. The fourth-order valence-electron chi connectivity index (χ4n) is 3.84. The van der Waals surface area contributed by atoms with Crippen molar-refractivity contribution in [2.75, 3.05) is 14.7 Å². The molecule has 3 aromatic rings. The van der Waals surface area contributed by atoms with Crippen LogP contribution in [0.2, 0.25) is 0 Å². The molecular formula is C26H17N3O4. The van der Waals surface area contributed by atoms with Crippen molar-refractivity contribution in [1.29, 1.82) is 0 Å². The molecule has 0 fully saturated rings. The summed E-state index contributed by atoms with van der Waals surface area (Å²) in [6, 6.07) is 23.8. The molecule has 160 valence electrons. The molecule has 2 aliphatic rings. The van der Waals surface area contributed by atoms with E-state index in [9.17, 15) is 19.2 Å². The van der Waals surface area contributed by atoms with Gasteiger partial charge in [0.25, 0.3) is 23.6 Å². The van der Waals surface area contributed by atoms with Crippen LogP contribution in [-0.4, -0.2) is 23.6 Å². The van der Waals surface area contributed by atoms with Gasteiger partial charge in [-0.15, -0.1) is 0 Å². The van der Waals surface area contributed by atoms with Gasteiger partial charge < -0.3 is 4.90 Å². The van der Waals surface area contributed by atoms with Crippen molar-refractivity contribution in [2.24, 2.45) is 0 Å². The minimum absolute atomic E-state index is 0.372. The van der Waals surface area contributed by atoms with Crippen molar-refractivity contribution in [2.45, 2.75) is 0 Å². The van der Waals surface area contributed by atoms with Crippen molar-refractivity contribution in [3.8, 4) is 0 Å². The van der Waals surface area contributed by atoms with Crippen molar-refractivity contribution in [3.05, 3.63) is 103 Å². The van der Waals surface area contributed by atoms with Gasteiger partial charge in [0.05, 0.1) is 11.4 Å². The van der Waals surface area contributed by atoms with E-state index in [0.717, 1.165) is 26.9 Å². The van der Waals surface area contributed by atoms with Crippen LogP contribution in [0.4, 0.5) is 28.4 Å². The topological polar surface area (TPSA) is 78.0 Å². The number of anilines is 5. The first-order valence-electron chi connectivity index (χ1n) is 10.2. The molecule has 0 aromatic heterocycles. The van der Waals surface area contributed by atoms with E-state index in [1.165, 1.54) is 24.3 Å². The number of benzene rings is 3. The predicted molar refractivity (Wildman–Crippen MR) is 124 cm³/mol. The van der Waals surface area contributed by atoms with Crippen molar-refractivity contribution in [1.82, 2.24) is 0 Å².